The van der Waals surface area contributed by atoms with Gasteiger partial charge >= 0.3 is 0 Å². The quantitative estimate of drug-likeness (QED) is 0.512. The van der Waals surface area contributed by atoms with Crippen LogP contribution in [0.3, 0.4) is 0 Å². The number of nitrogens with zero attached hydrogens (tertiary/aromatic N) is 1. The summed E-state index contributed by atoms with van der Waals surface area (Å²) in [7, 11) is 0. The zero-order valence-corrected chi connectivity index (χ0v) is 7.24. The van der Waals surface area contributed by atoms with Crippen LogP contribution in [0.5, 0.6) is 0 Å². The van der Waals surface area contributed by atoms with E-state index in [2.05, 4.69) is 5.32 Å². The molecule has 0 aromatic carbocycles. The number of nitrogens with one attached hydrogen (secondary N) is 1. The topological polar surface area (TPSA) is 92.5 Å². The maximum absolute atomic E-state index is 11.3. The molecule has 0 unspecified atom stereocenters. The molecular weight excluding hydrogens is 174 g/mol. The van der Waals surface area contributed by atoms with Gasteiger partial charge in [0.1, 0.15) is 12.6 Å². The monoisotopic (exact) mass is 185 g/mol. The van der Waals surface area contributed by atoms with Crippen LogP contribution in [0.1, 0.15) is 6.92 Å². The Labute approximate surface area is 75.1 Å². The molecule has 0 radical (unpaired) electrons. The molecule has 1 saturated heterocycles. The fraction of sp³-hybridized carbons (Fsp3) is 0.571. The SMILES string of the molecule is C[C@H]1NC(=O)CN(CC(N)=O)C1=O. The maximum Gasteiger partial charge on any atom is 0.245 e. The van der Waals surface area contributed by atoms with Gasteiger partial charge in [-0.15, -0.1) is 0 Å². The fourth-order valence-electron chi connectivity index (χ4n) is 1.20. The van der Waals surface area contributed by atoms with E-state index in [9.17, 15) is 14.4 Å². The molecule has 0 spiro atoms. The van der Waals surface area contributed by atoms with Gasteiger partial charge in [0, 0.05) is 0 Å². The van der Waals surface area contributed by atoms with Gasteiger partial charge in [-0.05, 0) is 6.92 Å². The van der Waals surface area contributed by atoms with Crippen molar-refractivity contribution in [2.45, 2.75) is 13.0 Å². The molecule has 1 heterocycles. The molecule has 1 fully saturated rings. The average Bonchev–Trinajstić information content (AvgIpc) is 1.98. The van der Waals surface area contributed by atoms with E-state index in [-0.39, 0.29) is 24.9 Å². The van der Waals surface area contributed by atoms with Crippen LogP contribution in [0, 0.1) is 0 Å². The predicted molar refractivity (Wildman–Crippen MR) is 43.4 cm³/mol. The van der Waals surface area contributed by atoms with Crippen LogP contribution in [0.25, 0.3) is 0 Å². The first-order valence-corrected chi connectivity index (χ1v) is 3.87. The minimum absolute atomic E-state index is 0.0912. The van der Waals surface area contributed by atoms with E-state index in [1.807, 2.05) is 0 Å². The summed E-state index contributed by atoms with van der Waals surface area (Å²) in [5.41, 5.74) is 4.91. The molecule has 72 valence electrons. The second-order valence-corrected chi connectivity index (χ2v) is 2.95. The second-order valence-electron chi connectivity index (χ2n) is 2.95. The van der Waals surface area contributed by atoms with Gasteiger partial charge in [0.15, 0.2) is 0 Å². The summed E-state index contributed by atoms with van der Waals surface area (Å²) in [6.45, 7) is 1.27. The molecule has 1 atom stereocenters. The highest BCUT2D eigenvalue weighted by Crippen LogP contribution is 2.00. The number of carbonyl (C=O) groups is 3. The number of hydrogen-bond donors (Lipinski definition) is 2. The van der Waals surface area contributed by atoms with Crippen LogP contribution >= 0.6 is 0 Å². The normalized spacial score (nSPS) is 22.8. The molecule has 1 aliphatic heterocycles. The smallest absolute Gasteiger partial charge is 0.245 e. The minimum atomic E-state index is -0.616. The van der Waals surface area contributed by atoms with Crippen molar-refractivity contribution in [2.75, 3.05) is 13.1 Å². The summed E-state index contributed by atoms with van der Waals surface area (Å²) in [4.78, 5) is 33.9. The van der Waals surface area contributed by atoms with Crippen molar-refractivity contribution >= 4 is 17.7 Å². The van der Waals surface area contributed by atoms with Gasteiger partial charge in [0.2, 0.25) is 17.7 Å². The molecule has 1 aliphatic rings. The zero-order chi connectivity index (χ0) is 10.0. The van der Waals surface area contributed by atoms with E-state index in [4.69, 9.17) is 5.73 Å². The summed E-state index contributed by atoms with van der Waals surface area (Å²) < 4.78 is 0. The molecular formula is C7H11N3O3. The zero-order valence-electron chi connectivity index (χ0n) is 7.24. The third-order valence-electron chi connectivity index (χ3n) is 1.74. The molecule has 6 heteroatoms. The molecule has 0 bridgehead atoms. The molecule has 0 aliphatic carbocycles. The second kappa shape index (κ2) is 3.42. The van der Waals surface area contributed by atoms with Gasteiger partial charge in [0.25, 0.3) is 0 Å². The third kappa shape index (κ3) is 2.17. The van der Waals surface area contributed by atoms with Crippen molar-refractivity contribution in [3.63, 3.8) is 0 Å². The van der Waals surface area contributed by atoms with Crippen LogP contribution in [-0.4, -0.2) is 41.8 Å². The molecule has 13 heavy (non-hydrogen) atoms. The molecule has 0 aromatic heterocycles. The third-order valence-corrected chi connectivity index (χ3v) is 1.74. The van der Waals surface area contributed by atoms with Crippen molar-refractivity contribution in [2.24, 2.45) is 5.73 Å². The lowest BCUT2D eigenvalue weighted by Gasteiger charge is -2.29. The van der Waals surface area contributed by atoms with Gasteiger partial charge in [-0.25, -0.2) is 0 Å². The van der Waals surface area contributed by atoms with E-state index in [1.54, 1.807) is 6.92 Å². The Hall–Kier alpha value is -1.59. The van der Waals surface area contributed by atoms with E-state index in [1.165, 1.54) is 0 Å². The number of nitrogens with two attached hydrogens (primary N) is 1. The lowest BCUT2D eigenvalue weighted by atomic mass is 10.2. The van der Waals surface area contributed by atoms with Crippen molar-refractivity contribution in [1.29, 1.82) is 0 Å². The molecule has 3 amide bonds. The standard InChI is InChI=1S/C7H11N3O3/c1-4-7(13)10(2-5(8)11)3-6(12)9-4/h4H,2-3H2,1H3,(H2,8,11)(H,9,12)/t4-/m1/s1. The summed E-state index contributed by atoms with van der Waals surface area (Å²) in [6.07, 6.45) is 0. The number of carbonyl (C=O) groups excluding carboxylic acids is 3. The van der Waals surface area contributed by atoms with E-state index in [0.717, 1.165) is 4.90 Å². The minimum Gasteiger partial charge on any atom is -0.368 e. The number of rotatable bonds is 2. The number of hydrogen-bond acceptors (Lipinski definition) is 3. The summed E-state index contributed by atoms with van der Waals surface area (Å²) in [6, 6.07) is -0.569. The summed E-state index contributed by atoms with van der Waals surface area (Å²) >= 11 is 0. The Morgan fingerprint density at radius 3 is 2.85 bits per heavy atom. The molecule has 1 rings (SSSR count). The van der Waals surface area contributed by atoms with E-state index >= 15 is 0 Å². The lowest BCUT2D eigenvalue weighted by molar-refractivity contribution is -0.145. The maximum atomic E-state index is 11.3. The predicted octanol–water partition coefficient (Wildman–Crippen LogP) is -2.18. The van der Waals surface area contributed by atoms with Crippen LogP contribution in [-0.2, 0) is 14.4 Å². The Morgan fingerprint density at radius 1 is 1.69 bits per heavy atom. The molecule has 0 saturated carbocycles. The highest BCUT2D eigenvalue weighted by Gasteiger charge is 2.29. The van der Waals surface area contributed by atoms with Gasteiger partial charge in [-0.2, -0.15) is 0 Å². The first kappa shape index (κ1) is 9.50. The number of primary amides is 1. The van der Waals surface area contributed by atoms with Gasteiger partial charge in [-0.1, -0.05) is 0 Å². The van der Waals surface area contributed by atoms with Crippen molar-refractivity contribution in [3.8, 4) is 0 Å². The number of piperazine rings is 1. The largest absolute Gasteiger partial charge is 0.368 e. The lowest BCUT2D eigenvalue weighted by Crippen LogP contribution is -2.58. The van der Waals surface area contributed by atoms with Crippen LogP contribution in [0.4, 0.5) is 0 Å². The van der Waals surface area contributed by atoms with Crippen molar-refractivity contribution < 1.29 is 14.4 Å². The Kier molecular flexibility index (Phi) is 2.50. The van der Waals surface area contributed by atoms with Crippen LogP contribution in [0.2, 0.25) is 0 Å². The molecule has 0 aromatic rings. The fourth-order valence-corrected chi connectivity index (χ4v) is 1.20. The van der Waals surface area contributed by atoms with Crippen LogP contribution in [0.15, 0.2) is 0 Å². The Bertz CT molecular complexity index is 262. The molecule has 6 nitrogen and oxygen atoms in total. The highest BCUT2D eigenvalue weighted by atomic mass is 16.2. The number of amides is 3. The first-order valence-electron chi connectivity index (χ1n) is 3.87. The van der Waals surface area contributed by atoms with E-state index in [0.29, 0.717) is 0 Å². The molecule has 3 N–H and O–H groups in total. The van der Waals surface area contributed by atoms with Crippen molar-refractivity contribution in [3.05, 3.63) is 0 Å². The van der Waals surface area contributed by atoms with E-state index < -0.39 is 11.9 Å². The highest BCUT2D eigenvalue weighted by molar-refractivity contribution is 5.96. The first-order chi connectivity index (χ1) is 6.00. The van der Waals surface area contributed by atoms with Gasteiger partial charge in [-0.3, -0.25) is 14.4 Å². The van der Waals surface area contributed by atoms with Crippen molar-refractivity contribution in [1.82, 2.24) is 10.2 Å². The Balaban J connectivity index is 2.66. The van der Waals surface area contributed by atoms with Crippen LogP contribution < -0.4 is 11.1 Å². The van der Waals surface area contributed by atoms with Gasteiger partial charge in [0.05, 0.1) is 6.54 Å². The Morgan fingerprint density at radius 2 is 2.31 bits per heavy atom. The summed E-state index contributed by atoms with van der Waals surface area (Å²) in [5.74, 6) is -1.16. The van der Waals surface area contributed by atoms with Gasteiger partial charge < -0.3 is 16.0 Å². The average molecular weight is 185 g/mol. The summed E-state index contributed by atoms with van der Waals surface area (Å²) in [5, 5.41) is 2.45.